The van der Waals surface area contributed by atoms with Crippen LogP contribution in [-0.4, -0.2) is 66.3 Å². The van der Waals surface area contributed by atoms with Crippen LogP contribution in [0, 0.1) is 0 Å². The van der Waals surface area contributed by atoms with Gasteiger partial charge in [-0.05, 0) is 43.9 Å². The molecule has 152 valence electrons. The lowest BCUT2D eigenvalue weighted by Crippen LogP contribution is -2.47. The van der Waals surface area contributed by atoms with Crippen LogP contribution in [0.5, 0.6) is 0 Å². The van der Waals surface area contributed by atoms with E-state index in [1.807, 2.05) is 21.9 Å². The van der Waals surface area contributed by atoms with Crippen LogP contribution in [-0.2, 0) is 9.47 Å². The van der Waals surface area contributed by atoms with Gasteiger partial charge in [0.1, 0.15) is 0 Å². The highest BCUT2D eigenvalue weighted by Crippen LogP contribution is 2.32. The number of rotatable bonds is 3. The van der Waals surface area contributed by atoms with Crippen LogP contribution in [0.3, 0.4) is 0 Å². The number of amides is 2. The second-order valence-corrected chi connectivity index (χ2v) is 8.04. The van der Waals surface area contributed by atoms with Crippen molar-refractivity contribution in [3.63, 3.8) is 0 Å². The molecule has 0 radical (unpaired) electrons. The molecule has 3 aliphatic heterocycles. The van der Waals surface area contributed by atoms with Gasteiger partial charge in [0.25, 0.3) is 11.8 Å². The Bertz CT molecular complexity index is 719. The average molecular weight is 386 g/mol. The first-order chi connectivity index (χ1) is 13.6. The number of benzene rings is 1. The fourth-order valence-corrected chi connectivity index (χ4v) is 4.66. The maximum absolute atomic E-state index is 13.1. The molecule has 6 heteroatoms. The summed E-state index contributed by atoms with van der Waals surface area (Å²) < 4.78 is 11.5. The maximum atomic E-state index is 13.1. The fraction of sp³-hybridized carbons (Fsp3) is 0.636. The number of ether oxygens (including phenoxy) is 2. The Morgan fingerprint density at radius 1 is 1.04 bits per heavy atom. The van der Waals surface area contributed by atoms with Crippen LogP contribution in [0.1, 0.15) is 66.2 Å². The minimum Gasteiger partial charge on any atom is -0.347 e. The Kier molecular flexibility index (Phi) is 5.69. The molecule has 6 nitrogen and oxygen atoms in total. The molecule has 4 rings (SSSR count). The lowest BCUT2D eigenvalue weighted by molar-refractivity contribution is -0.181. The van der Waals surface area contributed by atoms with Crippen molar-refractivity contribution in [1.82, 2.24) is 9.80 Å². The fourth-order valence-electron chi connectivity index (χ4n) is 4.66. The molecule has 3 fully saturated rings. The summed E-state index contributed by atoms with van der Waals surface area (Å²) in [6.45, 7) is 5.43. The van der Waals surface area contributed by atoms with Gasteiger partial charge in [-0.1, -0.05) is 13.0 Å². The van der Waals surface area contributed by atoms with E-state index in [0.717, 1.165) is 25.8 Å². The second kappa shape index (κ2) is 8.21. The van der Waals surface area contributed by atoms with Crippen LogP contribution in [0.25, 0.3) is 0 Å². The molecule has 0 N–H and O–H groups in total. The number of hydrogen-bond acceptors (Lipinski definition) is 4. The van der Waals surface area contributed by atoms with E-state index in [4.69, 9.17) is 9.47 Å². The molecule has 3 aliphatic rings. The van der Waals surface area contributed by atoms with Crippen molar-refractivity contribution in [1.29, 1.82) is 0 Å². The summed E-state index contributed by atoms with van der Waals surface area (Å²) >= 11 is 0. The van der Waals surface area contributed by atoms with Gasteiger partial charge in [0.05, 0.1) is 13.2 Å². The van der Waals surface area contributed by atoms with E-state index in [0.29, 0.717) is 56.3 Å². The Morgan fingerprint density at radius 2 is 1.71 bits per heavy atom. The minimum atomic E-state index is -0.488. The summed E-state index contributed by atoms with van der Waals surface area (Å²) in [5.41, 5.74) is 1.20. The van der Waals surface area contributed by atoms with Gasteiger partial charge in [-0.15, -0.1) is 0 Å². The second-order valence-electron chi connectivity index (χ2n) is 8.04. The monoisotopic (exact) mass is 386 g/mol. The van der Waals surface area contributed by atoms with E-state index in [2.05, 4.69) is 6.92 Å². The Labute approximate surface area is 166 Å². The van der Waals surface area contributed by atoms with Crippen LogP contribution in [0.15, 0.2) is 24.3 Å². The van der Waals surface area contributed by atoms with Crippen LogP contribution < -0.4 is 0 Å². The smallest absolute Gasteiger partial charge is 0.254 e. The molecule has 1 aromatic rings. The van der Waals surface area contributed by atoms with Gasteiger partial charge in [0.15, 0.2) is 5.79 Å². The first-order valence-electron chi connectivity index (χ1n) is 10.6. The standard InChI is InChI=1S/C22H30N2O4/c1-2-19-8-3-4-11-24(19)21(26)18-7-5-6-17(16-18)20(25)23-12-9-22(10-13-23)27-14-15-28-22/h5-7,16,19H,2-4,8-15H2,1H3. The molecule has 1 spiro atoms. The van der Waals surface area contributed by atoms with Gasteiger partial charge < -0.3 is 19.3 Å². The maximum Gasteiger partial charge on any atom is 0.254 e. The molecule has 3 saturated heterocycles. The number of likely N-dealkylation sites (tertiary alicyclic amines) is 2. The Hall–Kier alpha value is -1.92. The zero-order valence-corrected chi connectivity index (χ0v) is 16.7. The molecule has 0 bridgehead atoms. The lowest BCUT2D eigenvalue weighted by Gasteiger charge is -2.37. The molecular weight excluding hydrogens is 356 g/mol. The third kappa shape index (κ3) is 3.80. The third-order valence-corrected chi connectivity index (χ3v) is 6.34. The highest BCUT2D eigenvalue weighted by atomic mass is 16.7. The number of piperidine rings is 2. The van der Waals surface area contributed by atoms with Gasteiger partial charge in [-0.2, -0.15) is 0 Å². The van der Waals surface area contributed by atoms with E-state index in [-0.39, 0.29) is 11.8 Å². The van der Waals surface area contributed by atoms with Gasteiger partial charge in [0, 0.05) is 49.6 Å². The molecular formula is C22H30N2O4. The van der Waals surface area contributed by atoms with Gasteiger partial charge in [0.2, 0.25) is 0 Å². The highest BCUT2D eigenvalue weighted by Gasteiger charge is 2.41. The number of hydrogen-bond donors (Lipinski definition) is 0. The first kappa shape index (κ1) is 19.4. The van der Waals surface area contributed by atoms with Crippen molar-refractivity contribution in [2.45, 2.75) is 57.3 Å². The normalized spacial score (nSPS) is 24.5. The molecule has 28 heavy (non-hydrogen) atoms. The minimum absolute atomic E-state index is 0.0202. The zero-order chi connectivity index (χ0) is 19.6. The van der Waals surface area contributed by atoms with Crippen molar-refractivity contribution in [3.8, 4) is 0 Å². The molecule has 0 aliphatic carbocycles. The Balaban J connectivity index is 1.44. The van der Waals surface area contributed by atoms with Crippen molar-refractivity contribution < 1.29 is 19.1 Å². The van der Waals surface area contributed by atoms with E-state index < -0.39 is 5.79 Å². The zero-order valence-electron chi connectivity index (χ0n) is 16.7. The van der Waals surface area contributed by atoms with Crippen LogP contribution in [0.2, 0.25) is 0 Å². The number of nitrogens with zero attached hydrogens (tertiary/aromatic N) is 2. The average Bonchev–Trinajstić information content (AvgIpc) is 3.21. The summed E-state index contributed by atoms with van der Waals surface area (Å²) in [6.07, 6.45) is 5.68. The first-order valence-corrected chi connectivity index (χ1v) is 10.6. The highest BCUT2D eigenvalue weighted by molar-refractivity contribution is 5.99. The SMILES string of the molecule is CCC1CCCCN1C(=O)c1cccc(C(=O)N2CCC3(CC2)OCCO3)c1. The largest absolute Gasteiger partial charge is 0.347 e. The van der Waals surface area contributed by atoms with E-state index in [1.165, 1.54) is 6.42 Å². The lowest BCUT2D eigenvalue weighted by atomic mass is 9.98. The Morgan fingerprint density at radius 3 is 2.39 bits per heavy atom. The summed E-state index contributed by atoms with van der Waals surface area (Å²) in [4.78, 5) is 29.9. The molecule has 0 aromatic heterocycles. The van der Waals surface area contributed by atoms with E-state index >= 15 is 0 Å². The molecule has 0 saturated carbocycles. The summed E-state index contributed by atoms with van der Waals surface area (Å²) in [5, 5.41) is 0. The summed E-state index contributed by atoms with van der Waals surface area (Å²) in [5.74, 6) is -0.461. The van der Waals surface area contributed by atoms with Gasteiger partial charge >= 0.3 is 0 Å². The van der Waals surface area contributed by atoms with Crippen molar-refractivity contribution in [3.05, 3.63) is 35.4 Å². The van der Waals surface area contributed by atoms with Crippen LogP contribution in [0.4, 0.5) is 0 Å². The predicted octanol–water partition coefficient (Wildman–Crippen LogP) is 3.07. The van der Waals surface area contributed by atoms with Gasteiger partial charge in [-0.25, -0.2) is 0 Å². The van der Waals surface area contributed by atoms with Crippen molar-refractivity contribution in [2.75, 3.05) is 32.8 Å². The van der Waals surface area contributed by atoms with Crippen molar-refractivity contribution in [2.24, 2.45) is 0 Å². The van der Waals surface area contributed by atoms with Gasteiger partial charge in [-0.3, -0.25) is 9.59 Å². The number of carbonyl (C=O) groups excluding carboxylic acids is 2. The van der Waals surface area contributed by atoms with E-state index in [9.17, 15) is 9.59 Å². The predicted molar refractivity (Wildman–Crippen MR) is 105 cm³/mol. The van der Waals surface area contributed by atoms with Crippen molar-refractivity contribution >= 4 is 11.8 Å². The molecule has 1 atom stereocenters. The molecule has 2 amide bonds. The summed E-state index contributed by atoms with van der Waals surface area (Å²) in [7, 11) is 0. The topological polar surface area (TPSA) is 59.1 Å². The van der Waals surface area contributed by atoms with E-state index in [1.54, 1.807) is 12.1 Å². The molecule has 3 heterocycles. The number of carbonyl (C=O) groups is 2. The van der Waals surface area contributed by atoms with Crippen LogP contribution >= 0.6 is 0 Å². The molecule has 1 aromatic carbocycles. The third-order valence-electron chi connectivity index (χ3n) is 6.34. The summed E-state index contributed by atoms with van der Waals surface area (Å²) in [6, 6.07) is 7.52. The molecule has 1 unspecified atom stereocenters. The quantitative estimate of drug-likeness (QED) is 0.801.